The van der Waals surface area contributed by atoms with Gasteiger partial charge in [0.1, 0.15) is 0 Å². The number of hydrogen-bond donors (Lipinski definition) is 1. The zero-order valence-corrected chi connectivity index (χ0v) is 11.2. The molecule has 2 aliphatic rings. The van der Waals surface area contributed by atoms with Crippen molar-refractivity contribution in [2.24, 2.45) is 0 Å². The maximum absolute atomic E-state index is 12.3. The molecule has 0 radical (unpaired) electrons. The van der Waals surface area contributed by atoms with Gasteiger partial charge in [-0.05, 0) is 42.7 Å². The van der Waals surface area contributed by atoms with E-state index in [1.165, 1.54) is 17.5 Å². The van der Waals surface area contributed by atoms with Gasteiger partial charge in [-0.1, -0.05) is 24.3 Å². The summed E-state index contributed by atoms with van der Waals surface area (Å²) in [6, 6.07) is 8.51. The van der Waals surface area contributed by atoms with E-state index in [0.717, 1.165) is 19.3 Å². The van der Waals surface area contributed by atoms with Crippen molar-refractivity contribution in [2.75, 3.05) is 13.1 Å². The summed E-state index contributed by atoms with van der Waals surface area (Å²) in [7, 11) is 0. The molecule has 0 spiro atoms. The summed E-state index contributed by atoms with van der Waals surface area (Å²) < 4.78 is 0. The number of nitrogens with zero attached hydrogens (tertiary/aromatic N) is 1. The SMILES string of the molecule is O=C(CC1CCCc2ccccc21)N1CC[C@@H](O)C1. The molecule has 1 N–H and O–H groups in total. The number of rotatable bonds is 2. The Kier molecular flexibility index (Phi) is 3.56. The normalized spacial score (nSPS) is 26.3. The van der Waals surface area contributed by atoms with Crippen LogP contribution < -0.4 is 0 Å². The highest BCUT2D eigenvalue weighted by Crippen LogP contribution is 2.34. The molecule has 0 aromatic heterocycles. The van der Waals surface area contributed by atoms with Crippen LogP contribution in [0.2, 0.25) is 0 Å². The van der Waals surface area contributed by atoms with Gasteiger partial charge in [-0.25, -0.2) is 0 Å². The number of likely N-dealkylation sites (tertiary alicyclic amines) is 1. The third kappa shape index (κ3) is 2.66. The first-order chi connectivity index (χ1) is 9.24. The molecule has 1 fully saturated rings. The first kappa shape index (κ1) is 12.7. The molecule has 1 saturated heterocycles. The fraction of sp³-hybridized carbons (Fsp3) is 0.562. The van der Waals surface area contributed by atoms with E-state index in [-0.39, 0.29) is 12.0 Å². The summed E-state index contributed by atoms with van der Waals surface area (Å²) in [6.07, 6.45) is 4.44. The first-order valence-corrected chi connectivity index (χ1v) is 7.27. The molecular formula is C16H21NO2. The predicted octanol–water partition coefficient (Wildman–Crippen LogP) is 2.09. The summed E-state index contributed by atoms with van der Waals surface area (Å²) in [6.45, 7) is 1.24. The molecule has 3 rings (SSSR count). The second-order valence-electron chi connectivity index (χ2n) is 5.77. The third-order valence-electron chi connectivity index (χ3n) is 4.43. The van der Waals surface area contributed by atoms with Gasteiger partial charge < -0.3 is 10.0 Å². The zero-order chi connectivity index (χ0) is 13.2. The lowest BCUT2D eigenvalue weighted by atomic mass is 9.81. The number of hydrogen-bond acceptors (Lipinski definition) is 2. The maximum Gasteiger partial charge on any atom is 0.223 e. The monoisotopic (exact) mass is 259 g/mol. The van der Waals surface area contributed by atoms with Crippen molar-refractivity contribution >= 4 is 5.91 Å². The van der Waals surface area contributed by atoms with Gasteiger partial charge in [-0.3, -0.25) is 4.79 Å². The minimum absolute atomic E-state index is 0.207. The number of fused-ring (bicyclic) bond motifs is 1. The van der Waals surface area contributed by atoms with Gasteiger partial charge in [0.2, 0.25) is 5.91 Å². The van der Waals surface area contributed by atoms with Gasteiger partial charge in [0, 0.05) is 19.5 Å². The van der Waals surface area contributed by atoms with Crippen molar-refractivity contribution in [1.29, 1.82) is 0 Å². The van der Waals surface area contributed by atoms with Gasteiger partial charge in [0.25, 0.3) is 0 Å². The lowest BCUT2D eigenvalue weighted by Crippen LogP contribution is -2.31. The number of carbonyl (C=O) groups is 1. The summed E-state index contributed by atoms with van der Waals surface area (Å²) in [5, 5.41) is 9.52. The Labute approximate surface area is 114 Å². The molecule has 19 heavy (non-hydrogen) atoms. The van der Waals surface area contributed by atoms with Crippen LogP contribution in [0.25, 0.3) is 0 Å². The van der Waals surface area contributed by atoms with Crippen LogP contribution in [0.5, 0.6) is 0 Å². The van der Waals surface area contributed by atoms with Crippen LogP contribution >= 0.6 is 0 Å². The average molecular weight is 259 g/mol. The van der Waals surface area contributed by atoms with Crippen LogP contribution in [0.4, 0.5) is 0 Å². The van der Waals surface area contributed by atoms with Crippen molar-refractivity contribution in [3.05, 3.63) is 35.4 Å². The number of β-amino-alcohol motifs (C(OH)–C–C–N with tert-alkyl or cyclic N) is 1. The summed E-state index contributed by atoms with van der Waals surface area (Å²) >= 11 is 0. The predicted molar refractivity (Wildman–Crippen MR) is 73.9 cm³/mol. The molecule has 1 aromatic carbocycles. The second kappa shape index (κ2) is 5.33. The van der Waals surface area contributed by atoms with Crippen molar-refractivity contribution in [1.82, 2.24) is 4.90 Å². The number of aliphatic hydroxyl groups excluding tert-OH is 1. The lowest BCUT2D eigenvalue weighted by molar-refractivity contribution is -0.131. The Morgan fingerprint density at radius 1 is 1.32 bits per heavy atom. The number of aryl methyl sites for hydroxylation is 1. The Bertz CT molecular complexity index is 472. The minimum Gasteiger partial charge on any atom is -0.391 e. The maximum atomic E-state index is 12.3. The van der Waals surface area contributed by atoms with Gasteiger partial charge in [0.05, 0.1) is 6.10 Å². The lowest BCUT2D eigenvalue weighted by Gasteiger charge is -2.26. The molecule has 1 unspecified atom stereocenters. The van der Waals surface area contributed by atoms with Crippen molar-refractivity contribution < 1.29 is 9.90 Å². The van der Waals surface area contributed by atoms with E-state index in [4.69, 9.17) is 0 Å². The van der Waals surface area contributed by atoms with Gasteiger partial charge in [-0.15, -0.1) is 0 Å². The van der Waals surface area contributed by atoms with E-state index in [1.54, 1.807) is 0 Å². The minimum atomic E-state index is -0.317. The molecule has 1 aliphatic carbocycles. The summed E-state index contributed by atoms with van der Waals surface area (Å²) in [5.74, 6) is 0.577. The molecule has 1 amide bonds. The highest BCUT2D eigenvalue weighted by Gasteiger charge is 2.28. The van der Waals surface area contributed by atoms with Crippen LogP contribution in [0.1, 0.15) is 42.7 Å². The average Bonchev–Trinajstić information content (AvgIpc) is 2.86. The fourth-order valence-corrected chi connectivity index (χ4v) is 3.37. The number of aliphatic hydroxyl groups is 1. The third-order valence-corrected chi connectivity index (χ3v) is 4.43. The zero-order valence-electron chi connectivity index (χ0n) is 11.2. The smallest absolute Gasteiger partial charge is 0.223 e. The molecular weight excluding hydrogens is 238 g/mol. The Balaban J connectivity index is 1.69. The van der Waals surface area contributed by atoms with Crippen LogP contribution in [-0.4, -0.2) is 35.1 Å². The van der Waals surface area contributed by atoms with Gasteiger partial charge in [0.15, 0.2) is 0 Å². The Morgan fingerprint density at radius 3 is 2.95 bits per heavy atom. The standard InChI is InChI=1S/C16H21NO2/c18-14-8-9-17(11-14)16(19)10-13-6-3-5-12-4-1-2-7-15(12)13/h1-2,4,7,13-14,18H,3,5-6,8-11H2/t13?,14-/m1/s1. The van der Waals surface area contributed by atoms with Crippen molar-refractivity contribution in [3.63, 3.8) is 0 Å². The highest BCUT2D eigenvalue weighted by atomic mass is 16.3. The molecule has 3 nitrogen and oxygen atoms in total. The first-order valence-electron chi connectivity index (χ1n) is 7.27. The number of carbonyl (C=O) groups excluding carboxylic acids is 1. The highest BCUT2D eigenvalue weighted by molar-refractivity contribution is 5.77. The molecule has 3 heteroatoms. The van der Waals surface area contributed by atoms with E-state index in [2.05, 4.69) is 24.3 Å². The Morgan fingerprint density at radius 2 is 2.16 bits per heavy atom. The topological polar surface area (TPSA) is 40.5 Å². The molecule has 1 heterocycles. The van der Waals surface area contributed by atoms with Crippen LogP contribution in [0.15, 0.2) is 24.3 Å². The molecule has 2 atom stereocenters. The van der Waals surface area contributed by atoms with Crippen LogP contribution in [0.3, 0.4) is 0 Å². The quantitative estimate of drug-likeness (QED) is 0.883. The fourth-order valence-electron chi connectivity index (χ4n) is 3.37. The van der Waals surface area contributed by atoms with Crippen molar-refractivity contribution in [3.8, 4) is 0 Å². The van der Waals surface area contributed by atoms with Gasteiger partial charge >= 0.3 is 0 Å². The molecule has 1 aromatic rings. The summed E-state index contributed by atoms with van der Waals surface area (Å²) in [5.41, 5.74) is 2.77. The van der Waals surface area contributed by atoms with Crippen molar-refractivity contribution in [2.45, 2.75) is 44.1 Å². The molecule has 1 aliphatic heterocycles. The van der Waals surface area contributed by atoms with E-state index >= 15 is 0 Å². The van der Waals surface area contributed by atoms with Crippen LogP contribution in [0, 0.1) is 0 Å². The largest absolute Gasteiger partial charge is 0.391 e. The van der Waals surface area contributed by atoms with E-state index in [9.17, 15) is 9.90 Å². The molecule has 0 bridgehead atoms. The molecule has 0 saturated carbocycles. The Hall–Kier alpha value is -1.35. The van der Waals surface area contributed by atoms with Gasteiger partial charge in [-0.2, -0.15) is 0 Å². The number of benzene rings is 1. The van der Waals surface area contributed by atoms with Crippen LogP contribution in [-0.2, 0) is 11.2 Å². The molecule has 102 valence electrons. The summed E-state index contributed by atoms with van der Waals surface area (Å²) in [4.78, 5) is 14.1. The van der Waals surface area contributed by atoms with E-state index in [0.29, 0.717) is 25.4 Å². The van der Waals surface area contributed by atoms with E-state index < -0.39 is 0 Å². The van der Waals surface area contributed by atoms with E-state index in [1.807, 2.05) is 4.90 Å². The number of amides is 1. The second-order valence-corrected chi connectivity index (χ2v) is 5.77.